The predicted molar refractivity (Wildman–Crippen MR) is 149 cm³/mol. The summed E-state index contributed by atoms with van der Waals surface area (Å²) < 4.78 is 47.5. The highest BCUT2D eigenvalue weighted by molar-refractivity contribution is 6.33. The minimum atomic E-state index is -4.57. The number of alkyl halides is 3. The van der Waals surface area contributed by atoms with E-state index in [1.54, 1.807) is 4.57 Å². The molecule has 1 amide bonds. The molecule has 1 fully saturated rings. The predicted octanol–water partition coefficient (Wildman–Crippen LogP) is 3.75. The summed E-state index contributed by atoms with van der Waals surface area (Å²) >= 11 is 6.08. The zero-order chi connectivity index (χ0) is 29.5. The molecule has 220 valence electrons. The van der Waals surface area contributed by atoms with Crippen LogP contribution in [0.25, 0.3) is 11.4 Å². The topological polar surface area (TPSA) is 106 Å². The summed E-state index contributed by atoms with van der Waals surface area (Å²) in [6.07, 6.45) is -1.70. The van der Waals surface area contributed by atoms with Crippen molar-refractivity contribution in [1.82, 2.24) is 24.5 Å². The lowest BCUT2D eigenvalue weighted by atomic mass is 10.1. The van der Waals surface area contributed by atoms with E-state index < -0.39 is 17.6 Å². The highest BCUT2D eigenvalue weighted by atomic mass is 35.5. The third-order valence-electron chi connectivity index (χ3n) is 7.60. The van der Waals surface area contributed by atoms with Gasteiger partial charge in [-0.05, 0) is 50.5 Å². The Morgan fingerprint density at radius 1 is 1.29 bits per heavy atom. The Bertz CT molecular complexity index is 1570. The van der Waals surface area contributed by atoms with Crippen LogP contribution in [-0.4, -0.2) is 63.5 Å². The average molecular weight is 594 g/mol. The number of benzene rings is 1. The van der Waals surface area contributed by atoms with E-state index in [2.05, 4.69) is 20.7 Å². The molecule has 14 heteroatoms. The second-order valence-electron chi connectivity index (χ2n) is 10.2. The van der Waals surface area contributed by atoms with Crippen molar-refractivity contribution < 1.29 is 22.7 Å². The van der Waals surface area contributed by atoms with Gasteiger partial charge in [0.1, 0.15) is 12.2 Å². The van der Waals surface area contributed by atoms with Crippen LogP contribution in [0.15, 0.2) is 29.1 Å². The van der Waals surface area contributed by atoms with Crippen LogP contribution in [0.3, 0.4) is 0 Å². The fourth-order valence-corrected chi connectivity index (χ4v) is 5.49. The smallest absolute Gasteiger partial charge is 0.377 e. The number of rotatable bonds is 6. The van der Waals surface area contributed by atoms with Crippen molar-refractivity contribution >= 4 is 40.2 Å². The second kappa shape index (κ2) is 11.5. The molecule has 10 nitrogen and oxygen atoms in total. The van der Waals surface area contributed by atoms with Gasteiger partial charge in [0, 0.05) is 25.2 Å². The number of hydrogen-bond donors (Lipinski definition) is 2. The van der Waals surface area contributed by atoms with Crippen molar-refractivity contribution in [2.24, 2.45) is 0 Å². The van der Waals surface area contributed by atoms with Crippen LogP contribution in [0.1, 0.15) is 44.3 Å². The van der Waals surface area contributed by atoms with Gasteiger partial charge in [-0.15, -0.1) is 5.10 Å². The summed E-state index contributed by atoms with van der Waals surface area (Å²) in [6.45, 7) is 7.87. The largest absolute Gasteiger partial charge is 0.416 e. The first-order valence-corrected chi connectivity index (χ1v) is 13.8. The average Bonchev–Trinajstić information content (AvgIpc) is 3.39. The van der Waals surface area contributed by atoms with Crippen LogP contribution in [0.4, 0.5) is 24.5 Å². The first-order chi connectivity index (χ1) is 19.5. The quantitative estimate of drug-likeness (QED) is 0.448. The molecule has 5 rings (SSSR count). The number of ether oxygens (including phenoxy) is 1. The summed E-state index contributed by atoms with van der Waals surface area (Å²) in [4.78, 5) is 34.0. The minimum Gasteiger partial charge on any atom is -0.377 e. The van der Waals surface area contributed by atoms with Gasteiger partial charge in [0.05, 0.1) is 35.2 Å². The summed E-state index contributed by atoms with van der Waals surface area (Å²) in [6, 6.07) is 2.83. The molecule has 41 heavy (non-hydrogen) atoms. The van der Waals surface area contributed by atoms with Crippen LogP contribution in [-0.2, 0) is 28.7 Å². The molecule has 1 saturated heterocycles. The molecule has 2 aliphatic heterocycles. The van der Waals surface area contributed by atoms with Crippen molar-refractivity contribution in [2.75, 3.05) is 36.5 Å². The number of halogens is 4. The van der Waals surface area contributed by atoms with Crippen molar-refractivity contribution in [1.29, 1.82) is 0 Å². The van der Waals surface area contributed by atoms with E-state index in [1.807, 2.05) is 31.7 Å². The fraction of sp³-hybridized carbons (Fsp3) is 0.481. The molecule has 1 aromatic carbocycles. The maximum atomic E-state index is 14.0. The van der Waals surface area contributed by atoms with Gasteiger partial charge in [-0.2, -0.15) is 22.7 Å². The zero-order valence-electron chi connectivity index (χ0n) is 22.9. The number of aromatic nitrogens is 4. The third kappa shape index (κ3) is 5.70. The zero-order valence-corrected chi connectivity index (χ0v) is 23.6. The van der Waals surface area contributed by atoms with E-state index in [1.165, 1.54) is 4.52 Å². The van der Waals surface area contributed by atoms with Gasteiger partial charge in [-0.25, -0.2) is 0 Å². The lowest BCUT2D eigenvalue weighted by Crippen LogP contribution is -2.57. The molecule has 2 N–H and O–H groups in total. The van der Waals surface area contributed by atoms with E-state index in [-0.39, 0.29) is 40.7 Å². The number of carbonyl (C=O) groups is 1. The first kappa shape index (κ1) is 29.1. The van der Waals surface area contributed by atoms with Crippen molar-refractivity contribution in [3.63, 3.8) is 0 Å². The van der Waals surface area contributed by atoms with Gasteiger partial charge in [0.25, 0.3) is 5.56 Å². The number of carbonyl (C=O) groups excluding carboxylic acids is 1. The molecule has 4 heterocycles. The maximum absolute atomic E-state index is 14.0. The Morgan fingerprint density at radius 2 is 2.07 bits per heavy atom. The number of piperazine rings is 1. The number of fused-ring (bicyclic) bond motifs is 1. The number of hydrogen-bond acceptors (Lipinski definition) is 7. The lowest BCUT2D eigenvalue weighted by Gasteiger charge is -2.40. The normalized spacial score (nSPS) is 19.9. The highest BCUT2D eigenvalue weighted by Crippen LogP contribution is 2.34. The van der Waals surface area contributed by atoms with E-state index in [9.17, 15) is 22.8 Å². The Hall–Kier alpha value is -3.42. The third-order valence-corrected chi connectivity index (χ3v) is 7.92. The van der Waals surface area contributed by atoms with Crippen LogP contribution in [0.5, 0.6) is 0 Å². The van der Waals surface area contributed by atoms with E-state index in [0.29, 0.717) is 56.4 Å². The molecule has 2 aliphatic rings. The van der Waals surface area contributed by atoms with Gasteiger partial charge in [0.2, 0.25) is 11.7 Å². The lowest BCUT2D eigenvalue weighted by molar-refractivity contribution is -0.137. The van der Waals surface area contributed by atoms with Crippen molar-refractivity contribution in [3.05, 3.63) is 56.7 Å². The molecule has 2 atom stereocenters. The van der Waals surface area contributed by atoms with Crippen LogP contribution < -0.4 is 21.1 Å². The molecule has 0 spiro atoms. The Kier molecular flexibility index (Phi) is 8.13. The first-order valence-electron chi connectivity index (χ1n) is 13.5. The fourth-order valence-electron chi connectivity index (χ4n) is 5.26. The van der Waals surface area contributed by atoms with Gasteiger partial charge >= 0.3 is 6.18 Å². The summed E-state index contributed by atoms with van der Waals surface area (Å²) in [7, 11) is 0. The number of anilines is 2. The van der Waals surface area contributed by atoms with Gasteiger partial charge < -0.3 is 24.8 Å². The Morgan fingerprint density at radius 3 is 2.73 bits per heavy atom. The molecule has 0 bridgehead atoms. The molecule has 0 saturated carbocycles. The summed E-state index contributed by atoms with van der Waals surface area (Å²) in [5.41, 5.74) is 0.690. The van der Waals surface area contributed by atoms with E-state index in [4.69, 9.17) is 16.3 Å². The second-order valence-corrected chi connectivity index (χ2v) is 10.6. The molecule has 3 aromatic rings. The summed E-state index contributed by atoms with van der Waals surface area (Å²) in [5.74, 6) is 0.0307. The maximum Gasteiger partial charge on any atom is 0.416 e. The molecule has 0 unspecified atom stereocenters. The number of nitrogens with one attached hydrogen (secondary N) is 2. The number of nitrogens with zero attached hydrogens (tertiary/aromatic N) is 5. The molecular weight excluding hydrogens is 563 g/mol. The standard InChI is InChI=1S/C27H31ClF3N7O3/c1-4-21-23(36-10-9-32-15(2)16(36)3)25(40)38-26(34-24(35-38)17-7-11-41-12-8-17)37(21)14-22(39)33-20-6-5-18(13-19(20)28)27(29,30)31/h5-7,13,15-16,32H,4,8-12,14H2,1-3H3,(H,33,39)/t15-,16+/m1/s1. The van der Waals surface area contributed by atoms with Crippen molar-refractivity contribution in [2.45, 2.75) is 58.4 Å². The van der Waals surface area contributed by atoms with E-state index >= 15 is 0 Å². The number of amides is 1. The molecule has 0 aliphatic carbocycles. The SMILES string of the molecule is CCc1c(N2CCN[C@H](C)[C@@H]2C)c(=O)n2nc(C3=CCOCC3)nc2n1CC(=O)Nc1ccc(C(F)(F)F)cc1Cl. The Balaban J connectivity index is 1.60. The van der Waals surface area contributed by atoms with Crippen LogP contribution in [0.2, 0.25) is 5.02 Å². The monoisotopic (exact) mass is 593 g/mol. The van der Waals surface area contributed by atoms with Gasteiger partial charge in [0.15, 0.2) is 5.82 Å². The molecule has 2 aromatic heterocycles. The Labute approximate surface area is 239 Å². The summed E-state index contributed by atoms with van der Waals surface area (Å²) in [5, 5.41) is 10.3. The van der Waals surface area contributed by atoms with Gasteiger partial charge in [-0.3, -0.25) is 9.59 Å². The van der Waals surface area contributed by atoms with Crippen molar-refractivity contribution in [3.8, 4) is 0 Å². The van der Waals surface area contributed by atoms with Crippen LogP contribution >= 0.6 is 11.6 Å². The van der Waals surface area contributed by atoms with E-state index in [0.717, 1.165) is 23.8 Å². The van der Waals surface area contributed by atoms with Crippen LogP contribution in [0, 0.1) is 0 Å². The molecule has 0 radical (unpaired) electrons. The van der Waals surface area contributed by atoms with Gasteiger partial charge in [-0.1, -0.05) is 24.6 Å². The minimum absolute atomic E-state index is 0.0198. The molecular formula is C27H31ClF3N7O3. The highest BCUT2D eigenvalue weighted by Gasteiger charge is 2.33.